The first kappa shape index (κ1) is 25.5. The van der Waals surface area contributed by atoms with Gasteiger partial charge in [-0.2, -0.15) is 0 Å². The Balaban J connectivity index is 1.52. The molecule has 0 bridgehead atoms. The number of nitrogens with zero attached hydrogens (tertiary/aromatic N) is 1. The molecule has 1 saturated heterocycles. The Labute approximate surface area is 245 Å². The average molecular weight is 605 g/mol. The van der Waals surface area contributed by atoms with Crippen LogP contribution in [0.25, 0.3) is 6.08 Å². The number of para-hydroxylation sites is 1. The van der Waals surface area contributed by atoms with Crippen LogP contribution in [0.2, 0.25) is 0 Å². The summed E-state index contributed by atoms with van der Waals surface area (Å²) in [7, 11) is 1.56. The van der Waals surface area contributed by atoms with Crippen LogP contribution >= 0.6 is 15.9 Å². The first-order valence-corrected chi connectivity index (χ1v) is 14.2. The van der Waals surface area contributed by atoms with Gasteiger partial charge in [-0.3, -0.25) is 14.4 Å². The molecular formula is C34H25BrN2O4. The molecular weight excluding hydrogens is 580 g/mol. The monoisotopic (exact) mass is 604 g/mol. The van der Waals surface area contributed by atoms with E-state index in [0.717, 1.165) is 16.7 Å². The zero-order valence-electron chi connectivity index (χ0n) is 22.1. The van der Waals surface area contributed by atoms with Gasteiger partial charge in [-0.05, 0) is 63.0 Å². The van der Waals surface area contributed by atoms with E-state index in [1.165, 1.54) is 0 Å². The van der Waals surface area contributed by atoms with Gasteiger partial charge in [0.2, 0.25) is 5.91 Å². The Kier molecular flexibility index (Phi) is 5.94. The highest BCUT2D eigenvalue weighted by Crippen LogP contribution is 2.62. The molecule has 1 N–H and O–H groups in total. The lowest BCUT2D eigenvalue weighted by Crippen LogP contribution is -2.49. The second-order valence-corrected chi connectivity index (χ2v) is 11.4. The van der Waals surface area contributed by atoms with Gasteiger partial charge in [0.15, 0.2) is 11.6 Å². The molecule has 0 saturated carbocycles. The molecule has 0 aliphatic carbocycles. The predicted molar refractivity (Wildman–Crippen MR) is 160 cm³/mol. The molecule has 0 unspecified atom stereocenters. The van der Waals surface area contributed by atoms with E-state index in [2.05, 4.69) is 21.2 Å². The van der Waals surface area contributed by atoms with Crippen molar-refractivity contribution in [1.82, 2.24) is 4.90 Å². The molecule has 4 aromatic carbocycles. The van der Waals surface area contributed by atoms with Crippen molar-refractivity contribution in [3.8, 4) is 5.75 Å². The third-order valence-corrected chi connectivity index (χ3v) is 9.24. The molecule has 3 aliphatic rings. The van der Waals surface area contributed by atoms with Gasteiger partial charge >= 0.3 is 0 Å². The molecule has 6 nitrogen and oxygen atoms in total. The van der Waals surface area contributed by atoms with E-state index in [-0.39, 0.29) is 17.5 Å². The SMILES string of the molecule is COc1ccc(C(=O)[C@@H]2[C@@H](C(=O)c3ccccc3)[C@@]3(C(=O)Nc4ccccc43)[C@H]3c4ccccc4C=CN23)cc1Br. The lowest BCUT2D eigenvalue weighted by atomic mass is 9.62. The minimum atomic E-state index is -1.35. The van der Waals surface area contributed by atoms with Crippen molar-refractivity contribution in [1.29, 1.82) is 0 Å². The van der Waals surface area contributed by atoms with Gasteiger partial charge in [0.1, 0.15) is 17.2 Å². The number of hydrogen-bond acceptors (Lipinski definition) is 5. The standard InChI is InChI=1S/C34H25BrN2O4/c1-41-27-16-15-22(19-25(27)35)31(39)29-28(30(38)21-10-3-2-4-11-21)34(24-13-7-8-14-26(24)36-33(34)40)32-23-12-6-5-9-20(23)17-18-37(29)32/h2-19,28-29,32H,1H3,(H,36,40)/t28-,29-,32+,34+/m0/s1. The highest BCUT2D eigenvalue weighted by molar-refractivity contribution is 9.10. The molecule has 7 rings (SSSR count). The summed E-state index contributed by atoms with van der Waals surface area (Å²) in [5, 5.41) is 3.08. The molecule has 3 aliphatic heterocycles. The van der Waals surface area contributed by atoms with Gasteiger partial charge in [-0.15, -0.1) is 0 Å². The quantitative estimate of drug-likeness (QED) is 0.265. The maximum atomic E-state index is 14.7. The van der Waals surface area contributed by atoms with Crippen LogP contribution < -0.4 is 10.1 Å². The largest absolute Gasteiger partial charge is 0.496 e. The second kappa shape index (κ2) is 9.56. The summed E-state index contributed by atoms with van der Waals surface area (Å²) in [6.07, 6.45) is 3.83. The summed E-state index contributed by atoms with van der Waals surface area (Å²) in [5.41, 5.74) is 2.77. The lowest BCUT2D eigenvalue weighted by molar-refractivity contribution is -0.122. The van der Waals surface area contributed by atoms with Crippen LogP contribution in [-0.4, -0.2) is 35.5 Å². The number of ether oxygens (including phenoxy) is 1. The van der Waals surface area contributed by atoms with Crippen molar-refractivity contribution in [2.75, 3.05) is 12.4 Å². The maximum absolute atomic E-state index is 14.7. The van der Waals surface area contributed by atoms with E-state index in [1.54, 1.807) is 49.6 Å². The van der Waals surface area contributed by atoms with Crippen molar-refractivity contribution >= 4 is 45.2 Å². The highest BCUT2D eigenvalue weighted by Gasteiger charge is 2.70. The number of halogens is 1. The summed E-state index contributed by atoms with van der Waals surface area (Å²) >= 11 is 3.51. The Hall–Kier alpha value is -4.49. The molecule has 3 heterocycles. The molecule has 0 radical (unpaired) electrons. The van der Waals surface area contributed by atoms with E-state index < -0.39 is 23.4 Å². The molecule has 41 heavy (non-hydrogen) atoms. The predicted octanol–water partition coefficient (Wildman–Crippen LogP) is 6.44. The molecule has 0 aromatic heterocycles. The summed E-state index contributed by atoms with van der Waals surface area (Å²) in [4.78, 5) is 45.8. The normalized spacial score (nSPS) is 23.5. The maximum Gasteiger partial charge on any atom is 0.238 e. The number of anilines is 1. The third-order valence-electron chi connectivity index (χ3n) is 8.62. The summed E-state index contributed by atoms with van der Waals surface area (Å²) in [5.74, 6) is -1.19. The number of carbonyl (C=O) groups excluding carboxylic acids is 3. The van der Waals surface area contributed by atoms with Gasteiger partial charge in [-0.25, -0.2) is 0 Å². The van der Waals surface area contributed by atoms with Gasteiger partial charge in [0.05, 0.1) is 23.5 Å². The zero-order valence-corrected chi connectivity index (χ0v) is 23.7. The van der Waals surface area contributed by atoms with Gasteiger partial charge < -0.3 is 15.0 Å². The van der Waals surface area contributed by atoms with Crippen LogP contribution in [0.5, 0.6) is 5.75 Å². The minimum absolute atomic E-state index is 0.245. The Morgan fingerprint density at radius 1 is 0.878 bits per heavy atom. The fourth-order valence-electron chi connectivity index (χ4n) is 6.94. The van der Waals surface area contributed by atoms with Crippen LogP contribution in [-0.2, 0) is 10.2 Å². The van der Waals surface area contributed by atoms with Crippen LogP contribution in [0.4, 0.5) is 5.69 Å². The van der Waals surface area contributed by atoms with Crippen LogP contribution in [0.15, 0.2) is 108 Å². The van der Waals surface area contributed by atoms with Crippen molar-refractivity contribution < 1.29 is 19.1 Å². The van der Waals surface area contributed by atoms with Gasteiger partial charge in [-0.1, -0.05) is 72.8 Å². The summed E-state index contributed by atoms with van der Waals surface area (Å²) in [6, 6.07) is 28.0. The molecule has 1 amide bonds. The number of carbonyl (C=O) groups is 3. The van der Waals surface area contributed by atoms with Crippen molar-refractivity contribution in [2.45, 2.75) is 17.5 Å². The van der Waals surface area contributed by atoms with E-state index in [9.17, 15) is 14.4 Å². The van der Waals surface area contributed by atoms with Crippen LogP contribution in [0.3, 0.4) is 0 Å². The number of ketones is 2. The third kappa shape index (κ3) is 3.58. The molecule has 4 aromatic rings. The van der Waals surface area contributed by atoms with Crippen molar-refractivity contribution in [3.05, 3.63) is 136 Å². The van der Waals surface area contributed by atoms with Crippen molar-refractivity contribution in [2.24, 2.45) is 5.92 Å². The second-order valence-electron chi connectivity index (χ2n) is 10.5. The number of methoxy groups -OCH3 is 1. The number of hydrogen-bond donors (Lipinski definition) is 1. The van der Waals surface area contributed by atoms with E-state index >= 15 is 0 Å². The zero-order chi connectivity index (χ0) is 28.3. The smallest absolute Gasteiger partial charge is 0.238 e. The van der Waals surface area contributed by atoms with Crippen LogP contribution in [0, 0.1) is 5.92 Å². The number of nitrogens with one attached hydrogen (secondary N) is 1. The topological polar surface area (TPSA) is 75.7 Å². The molecule has 4 atom stereocenters. The molecule has 202 valence electrons. The number of rotatable bonds is 5. The Morgan fingerprint density at radius 2 is 1.61 bits per heavy atom. The van der Waals surface area contributed by atoms with E-state index in [1.807, 2.05) is 71.8 Å². The van der Waals surface area contributed by atoms with Gasteiger partial charge in [0.25, 0.3) is 0 Å². The molecule has 7 heteroatoms. The number of Topliss-reactive ketones (excluding diaryl/α,β-unsaturated/α-hetero) is 2. The number of benzene rings is 4. The van der Waals surface area contributed by atoms with Crippen LogP contribution in [0.1, 0.15) is 43.4 Å². The number of fused-ring (bicyclic) bond motifs is 6. The lowest BCUT2D eigenvalue weighted by Gasteiger charge is -2.38. The van der Waals surface area contributed by atoms with E-state index in [0.29, 0.717) is 27.0 Å². The first-order chi connectivity index (χ1) is 20.0. The first-order valence-electron chi connectivity index (χ1n) is 13.4. The molecule has 1 spiro atoms. The fourth-order valence-corrected chi connectivity index (χ4v) is 7.48. The highest BCUT2D eigenvalue weighted by atomic mass is 79.9. The molecule has 1 fully saturated rings. The average Bonchev–Trinajstić information content (AvgIpc) is 3.49. The Morgan fingerprint density at radius 3 is 2.39 bits per heavy atom. The van der Waals surface area contributed by atoms with Gasteiger partial charge in [0, 0.05) is 23.0 Å². The van der Waals surface area contributed by atoms with Crippen molar-refractivity contribution in [3.63, 3.8) is 0 Å². The fraction of sp³-hybridized carbons (Fsp3) is 0.147. The summed E-state index contributed by atoms with van der Waals surface area (Å²) < 4.78 is 6.02. The Bertz CT molecular complexity index is 1770. The number of amides is 1. The summed E-state index contributed by atoms with van der Waals surface area (Å²) in [6.45, 7) is 0. The minimum Gasteiger partial charge on any atom is -0.496 e. The van der Waals surface area contributed by atoms with E-state index in [4.69, 9.17) is 4.74 Å².